The second kappa shape index (κ2) is 2.93. The predicted octanol–water partition coefficient (Wildman–Crippen LogP) is 1.67. The predicted molar refractivity (Wildman–Crippen MR) is 48.2 cm³/mol. The van der Waals surface area contributed by atoms with Crippen LogP contribution in [0.5, 0.6) is 0 Å². The van der Waals surface area contributed by atoms with E-state index >= 15 is 0 Å². The van der Waals surface area contributed by atoms with Gasteiger partial charge in [0.05, 0.1) is 5.54 Å². The van der Waals surface area contributed by atoms with E-state index in [9.17, 15) is 4.79 Å². The van der Waals surface area contributed by atoms with Crippen molar-refractivity contribution < 1.29 is 9.53 Å². The summed E-state index contributed by atoms with van der Waals surface area (Å²) in [4.78, 5) is 14.3. The lowest BCUT2D eigenvalue weighted by Gasteiger charge is -2.38. The van der Waals surface area contributed by atoms with E-state index in [4.69, 9.17) is 4.74 Å². The Labute approximate surface area is 78.2 Å². The van der Waals surface area contributed by atoms with Crippen LogP contribution in [-0.2, 0) is 9.53 Å². The fraction of sp³-hybridized carbons (Fsp3) is 0.900. The number of isocyanates is 1. The highest BCUT2D eigenvalue weighted by Gasteiger charge is 2.57. The van der Waals surface area contributed by atoms with Gasteiger partial charge in [0.25, 0.3) is 0 Å². The van der Waals surface area contributed by atoms with E-state index < -0.39 is 0 Å². The Bertz CT molecular complexity index is 246. The second-order valence-corrected chi connectivity index (χ2v) is 4.41. The van der Waals surface area contributed by atoms with E-state index in [2.05, 4.69) is 11.9 Å². The Kier molecular flexibility index (Phi) is 2.01. The molecule has 2 fully saturated rings. The Hall–Kier alpha value is -0.660. The molecule has 3 nitrogen and oxygen atoms in total. The van der Waals surface area contributed by atoms with Gasteiger partial charge in [-0.2, -0.15) is 4.99 Å². The summed E-state index contributed by atoms with van der Waals surface area (Å²) >= 11 is 0. The first-order valence-electron chi connectivity index (χ1n) is 4.89. The van der Waals surface area contributed by atoms with Gasteiger partial charge in [-0.25, -0.2) is 4.79 Å². The molecule has 0 unspecified atom stereocenters. The summed E-state index contributed by atoms with van der Waals surface area (Å²) in [6, 6.07) is 0. The number of aliphatic imine (C=N–C) groups is 1. The van der Waals surface area contributed by atoms with Crippen molar-refractivity contribution in [2.24, 2.45) is 10.4 Å². The number of carbonyl (C=O) groups excluding carboxylic acids is 1. The zero-order valence-electron chi connectivity index (χ0n) is 8.01. The quantitative estimate of drug-likeness (QED) is 0.480. The van der Waals surface area contributed by atoms with Gasteiger partial charge < -0.3 is 4.74 Å². The Morgan fingerprint density at radius 3 is 2.31 bits per heavy atom. The lowest BCUT2D eigenvalue weighted by atomic mass is 9.74. The smallest absolute Gasteiger partial charge is 0.235 e. The largest absolute Gasteiger partial charge is 0.381 e. The number of hydrogen-bond acceptors (Lipinski definition) is 3. The second-order valence-electron chi connectivity index (χ2n) is 4.41. The van der Waals surface area contributed by atoms with Crippen molar-refractivity contribution >= 4 is 6.08 Å². The van der Waals surface area contributed by atoms with E-state index in [1.165, 1.54) is 0 Å². The van der Waals surface area contributed by atoms with Gasteiger partial charge in [0, 0.05) is 13.2 Å². The van der Waals surface area contributed by atoms with Crippen LogP contribution in [0.25, 0.3) is 0 Å². The fourth-order valence-electron chi connectivity index (χ4n) is 2.34. The molecule has 1 saturated carbocycles. The molecule has 0 N–H and O–H groups in total. The monoisotopic (exact) mass is 181 g/mol. The summed E-state index contributed by atoms with van der Waals surface area (Å²) in [5.41, 5.74) is 0.112. The summed E-state index contributed by atoms with van der Waals surface area (Å²) in [6.07, 6.45) is 5.89. The van der Waals surface area contributed by atoms with Gasteiger partial charge >= 0.3 is 0 Å². The zero-order chi connectivity index (χ0) is 9.36. The molecule has 0 aromatic heterocycles. The molecule has 2 rings (SSSR count). The van der Waals surface area contributed by atoms with Crippen molar-refractivity contribution in [3.63, 3.8) is 0 Å². The minimum atomic E-state index is -0.0709. The zero-order valence-corrected chi connectivity index (χ0v) is 8.01. The molecule has 0 amide bonds. The Balaban J connectivity index is 2.17. The van der Waals surface area contributed by atoms with Crippen molar-refractivity contribution in [2.75, 3.05) is 13.2 Å². The molecule has 0 aromatic carbocycles. The molecule has 3 heteroatoms. The van der Waals surface area contributed by atoms with Crippen molar-refractivity contribution in [2.45, 2.75) is 38.1 Å². The third-order valence-corrected chi connectivity index (χ3v) is 3.70. The van der Waals surface area contributed by atoms with Crippen LogP contribution >= 0.6 is 0 Å². The molecule has 1 aliphatic carbocycles. The van der Waals surface area contributed by atoms with Crippen LogP contribution in [0.2, 0.25) is 0 Å². The molecule has 0 bridgehead atoms. The minimum Gasteiger partial charge on any atom is -0.381 e. The molecule has 0 radical (unpaired) electrons. The van der Waals surface area contributed by atoms with Crippen molar-refractivity contribution in [3.8, 4) is 0 Å². The number of nitrogens with zero attached hydrogens (tertiary/aromatic N) is 1. The van der Waals surface area contributed by atoms with Crippen LogP contribution in [0.1, 0.15) is 32.6 Å². The van der Waals surface area contributed by atoms with Gasteiger partial charge in [-0.3, -0.25) is 0 Å². The van der Waals surface area contributed by atoms with Crippen LogP contribution in [0, 0.1) is 5.41 Å². The van der Waals surface area contributed by atoms with Gasteiger partial charge in [0.15, 0.2) is 0 Å². The van der Waals surface area contributed by atoms with Crippen molar-refractivity contribution in [3.05, 3.63) is 0 Å². The molecule has 0 aromatic rings. The summed E-state index contributed by atoms with van der Waals surface area (Å²) in [7, 11) is 0. The van der Waals surface area contributed by atoms with Crippen LogP contribution in [0.15, 0.2) is 4.99 Å². The molecule has 1 aliphatic heterocycles. The third-order valence-electron chi connectivity index (χ3n) is 3.70. The molecule has 1 heterocycles. The summed E-state index contributed by atoms with van der Waals surface area (Å²) in [5.74, 6) is 0. The summed E-state index contributed by atoms with van der Waals surface area (Å²) in [5, 5.41) is 0. The van der Waals surface area contributed by atoms with Gasteiger partial charge in [0.2, 0.25) is 6.08 Å². The van der Waals surface area contributed by atoms with Gasteiger partial charge in [-0.1, -0.05) is 6.92 Å². The van der Waals surface area contributed by atoms with Crippen LogP contribution < -0.4 is 0 Å². The van der Waals surface area contributed by atoms with Crippen molar-refractivity contribution in [1.82, 2.24) is 0 Å². The fourth-order valence-corrected chi connectivity index (χ4v) is 2.34. The first-order chi connectivity index (χ1) is 6.22. The molecule has 72 valence electrons. The van der Waals surface area contributed by atoms with Gasteiger partial charge in [-0.05, 0) is 31.1 Å². The van der Waals surface area contributed by atoms with E-state index in [1.807, 2.05) is 0 Å². The highest BCUT2D eigenvalue weighted by Crippen LogP contribution is 2.57. The van der Waals surface area contributed by atoms with Crippen LogP contribution in [0.4, 0.5) is 0 Å². The summed E-state index contributed by atoms with van der Waals surface area (Å²) < 4.78 is 5.33. The summed E-state index contributed by atoms with van der Waals surface area (Å²) in [6.45, 7) is 3.85. The van der Waals surface area contributed by atoms with E-state index in [-0.39, 0.29) is 11.0 Å². The first-order valence-corrected chi connectivity index (χ1v) is 4.89. The lowest BCUT2D eigenvalue weighted by Crippen LogP contribution is -2.38. The maximum absolute atomic E-state index is 10.3. The highest BCUT2D eigenvalue weighted by molar-refractivity contribution is 5.37. The molecule has 1 saturated heterocycles. The molecular weight excluding hydrogens is 166 g/mol. The maximum Gasteiger partial charge on any atom is 0.235 e. The lowest BCUT2D eigenvalue weighted by molar-refractivity contribution is 0.00603. The third kappa shape index (κ3) is 1.32. The number of rotatable bonds is 2. The maximum atomic E-state index is 10.3. The topological polar surface area (TPSA) is 38.7 Å². The average Bonchev–Trinajstić information content (AvgIpc) is 2.88. The standard InChI is InChI=1S/C10H15NO2/c1-9(4-6-13-7-5-9)10(2-3-10)11-8-12/h2-7H2,1H3. The minimum absolute atomic E-state index is 0.0709. The highest BCUT2D eigenvalue weighted by atomic mass is 16.5. The van der Waals surface area contributed by atoms with Gasteiger partial charge in [-0.15, -0.1) is 0 Å². The Morgan fingerprint density at radius 1 is 1.23 bits per heavy atom. The number of ether oxygens (including phenoxy) is 1. The van der Waals surface area contributed by atoms with Gasteiger partial charge in [0.1, 0.15) is 0 Å². The SMILES string of the molecule is CC1(C2(N=C=O)CC2)CCOCC1. The van der Waals surface area contributed by atoms with Crippen LogP contribution in [0.3, 0.4) is 0 Å². The van der Waals surface area contributed by atoms with Crippen LogP contribution in [-0.4, -0.2) is 24.8 Å². The van der Waals surface area contributed by atoms with Crippen molar-refractivity contribution in [1.29, 1.82) is 0 Å². The Morgan fingerprint density at radius 2 is 1.85 bits per heavy atom. The molecule has 2 aliphatic rings. The van der Waals surface area contributed by atoms with E-state index in [1.54, 1.807) is 6.08 Å². The van der Waals surface area contributed by atoms with E-state index in [0.29, 0.717) is 0 Å². The molecular formula is C10H15NO2. The average molecular weight is 181 g/mol. The molecule has 0 spiro atoms. The molecule has 13 heavy (non-hydrogen) atoms. The normalized spacial score (nSPS) is 29.0. The number of hydrogen-bond donors (Lipinski definition) is 0. The molecule has 0 atom stereocenters. The van der Waals surface area contributed by atoms with E-state index in [0.717, 1.165) is 38.9 Å². The first kappa shape index (κ1) is 8.92.